The average molecular weight is 299 g/mol. The monoisotopic (exact) mass is 298 g/mol. The average Bonchev–Trinajstić information content (AvgIpc) is 2.81. The number of hydrogen-bond donors (Lipinski definition) is 1. The lowest BCUT2D eigenvalue weighted by Crippen LogP contribution is -2.42. The van der Waals surface area contributed by atoms with Crippen molar-refractivity contribution in [2.24, 2.45) is 11.7 Å². The van der Waals surface area contributed by atoms with Crippen LogP contribution in [0.3, 0.4) is 0 Å². The largest absolute Gasteiger partial charge is 0.377 e. The first kappa shape index (κ1) is 16.2. The van der Waals surface area contributed by atoms with E-state index in [1.54, 1.807) is 4.31 Å². The van der Waals surface area contributed by atoms with Gasteiger partial charge in [0.2, 0.25) is 10.0 Å². The van der Waals surface area contributed by atoms with Gasteiger partial charge in [0.1, 0.15) is 0 Å². The van der Waals surface area contributed by atoms with Crippen LogP contribution in [0, 0.1) is 5.92 Å². The summed E-state index contributed by atoms with van der Waals surface area (Å²) in [5.41, 5.74) is 5.60. The molecule has 108 valence electrons. The molecule has 0 aromatic heterocycles. The van der Waals surface area contributed by atoms with E-state index in [9.17, 15) is 8.42 Å². The van der Waals surface area contributed by atoms with Crippen molar-refractivity contribution in [1.29, 1.82) is 0 Å². The van der Waals surface area contributed by atoms with Crippen molar-refractivity contribution in [3.63, 3.8) is 0 Å². The second-order valence-electron chi connectivity index (χ2n) is 4.99. The molecule has 0 spiro atoms. The predicted octanol–water partition coefficient (Wildman–Crippen LogP) is 0.588. The van der Waals surface area contributed by atoms with E-state index < -0.39 is 10.0 Å². The molecule has 7 heteroatoms. The fourth-order valence-electron chi connectivity index (χ4n) is 2.54. The fraction of sp³-hybridized carbons (Fsp3) is 1.00. The van der Waals surface area contributed by atoms with Crippen LogP contribution >= 0.6 is 12.4 Å². The highest BCUT2D eigenvalue weighted by atomic mass is 35.5. The summed E-state index contributed by atoms with van der Waals surface area (Å²) in [6.07, 6.45) is 3.54. The van der Waals surface area contributed by atoms with Gasteiger partial charge in [-0.1, -0.05) is 0 Å². The van der Waals surface area contributed by atoms with Crippen molar-refractivity contribution in [2.45, 2.75) is 31.8 Å². The van der Waals surface area contributed by atoms with E-state index in [4.69, 9.17) is 10.5 Å². The highest BCUT2D eigenvalue weighted by Gasteiger charge is 2.31. The fourth-order valence-corrected chi connectivity index (χ4v) is 4.25. The molecule has 0 aromatic carbocycles. The number of nitrogens with zero attached hydrogens (tertiary/aromatic N) is 1. The molecule has 2 aliphatic heterocycles. The number of rotatable bonds is 4. The van der Waals surface area contributed by atoms with Crippen LogP contribution in [0.15, 0.2) is 0 Å². The minimum atomic E-state index is -3.13. The highest BCUT2D eigenvalue weighted by Crippen LogP contribution is 2.21. The van der Waals surface area contributed by atoms with Gasteiger partial charge in [0, 0.05) is 19.7 Å². The van der Waals surface area contributed by atoms with Crippen molar-refractivity contribution in [1.82, 2.24) is 4.31 Å². The Bertz CT molecular complexity index is 336. The summed E-state index contributed by atoms with van der Waals surface area (Å²) in [4.78, 5) is 0. The lowest BCUT2D eigenvalue weighted by atomic mass is 9.99. The molecule has 2 aliphatic rings. The topological polar surface area (TPSA) is 72.6 Å². The summed E-state index contributed by atoms with van der Waals surface area (Å²) in [6, 6.07) is 0. The molecular formula is C11H23ClN2O3S. The van der Waals surface area contributed by atoms with Gasteiger partial charge in [0.25, 0.3) is 0 Å². The van der Waals surface area contributed by atoms with Gasteiger partial charge in [0.05, 0.1) is 11.9 Å². The second kappa shape index (κ2) is 7.05. The zero-order chi connectivity index (χ0) is 12.3. The first-order chi connectivity index (χ1) is 8.12. The maximum atomic E-state index is 12.2. The van der Waals surface area contributed by atoms with Crippen LogP contribution in [0.5, 0.6) is 0 Å². The van der Waals surface area contributed by atoms with E-state index in [0.29, 0.717) is 32.2 Å². The van der Waals surface area contributed by atoms with Gasteiger partial charge in [-0.2, -0.15) is 0 Å². The van der Waals surface area contributed by atoms with Gasteiger partial charge < -0.3 is 10.5 Å². The summed E-state index contributed by atoms with van der Waals surface area (Å²) in [5.74, 6) is 0.643. The molecule has 0 radical (unpaired) electrons. The minimum absolute atomic E-state index is 0. The molecule has 0 aromatic rings. The molecule has 2 heterocycles. The lowest BCUT2D eigenvalue weighted by molar-refractivity contribution is 0.126. The maximum absolute atomic E-state index is 12.2. The summed E-state index contributed by atoms with van der Waals surface area (Å²) in [5, 5.41) is 0. The highest BCUT2D eigenvalue weighted by molar-refractivity contribution is 7.89. The van der Waals surface area contributed by atoms with Crippen molar-refractivity contribution < 1.29 is 13.2 Å². The Hall–Kier alpha value is 0.120. The van der Waals surface area contributed by atoms with Crippen LogP contribution in [0.25, 0.3) is 0 Å². The molecular weight excluding hydrogens is 276 g/mol. The van der Waals surface area contributed by atoms with Gasteiger partial charge >= 0.3 is 0 Å². The third kappa shape index (κ3) is 4.06. The Labute approximate surface area is 116 Å². The summed E-state index contributed by atoms with van der Waals surface area (Å²) in [7, 11) is -3.13. The normalized spacial score (nSPS) is 27.1. The lowest BCUT2D eigenvalue weighted by Gasteiger charge is -2.31. The molecule has 1 atom stereocenters. The Morgan fingerprint density at radius 2 is 1.89 bits per heavy atom. The number of ether oxygens (including phenoxy) is 1. The molecule has 18 heavy (non-hydrogen) atoms. The second-order valence-corrected chi connectivity index (χ2v) is 7.01. The van der Waals surface area contributed by atoms with E-state index in [2.05, 4.69) is 0 Å². The molecule has 0 amide bonds. The van der Waals surface area contributed by atoms with Gasteiger partial charge in [-0.15, -0.1) is 12.4 Å². The van der Waals surface area contributed by atoms with Crippen molar-refractivity contribution in [3.8, 4) is 0 Å². The van der Waals surface area contributed by atoms with E-state index in [-0.39, 0.29) is 24.3 Å². The van der Waals surface area contributed by atoms with Crippen LogP contribution in [0.2, 0.25) is 0 Å². The molecule has 2 rings (SSSR count). The first-order valence-electron chi connectivity index (χ1n) is 6.41. The van der Waals surface area contributed by atoms with Crippen LogP contribution in [0.4, 0.5) is 0 Å². The molecule has 0 bridgehead atoms. The Morgan fingerprint density at radius 1 is 1.22 bits per heavy atom. The van der Waals surface area contributed by atoms with E-state index in [1.807, 2.05) is 0 Å². The van der Waals surface area contributed by atoms with Crippen molar-refractivity contribution in [3.05, 3.63) is 0 Å². The van der Waals surface area contributed by atoms with Crippen molar-refractivity contribution in [2.75, 3.05) is 32.0 Å². The molecule has 5 nitrogen and oxygen atoms in total. The predicted molar refractivity (Wildman–Crippen MR) is 73.4 cm³/mol. The summed E-state index contributed by atoms with van der Waals surface area (Å²) >= 11 is 0. The number of nitrogens with two attached hydrogens (primary N) is 1. The zero-order valence-corrected chi connectivity index (χ0v) is 12.2. The van der Waals surface area contributed by atoms with Crippen LogP contribution in [0.1, 0.15) is 25.7 Å². The number of hydrogen-bond acceptors (Lipinski definition) is 4. The van der Waals surface area contributed by atoms with E-state index >= 15 is 0 Å². The molecule has 0 saturated carbocycles. The number of piperidine rings is 1. The molecule has 2 N–H and O–H groups in total. The molecule has 2 fully saturated rings. The Balaban J connectivity index is 0.00000162. The standard InChI is InChI=1S/C11H22N2O3S.ClH/c12-8-10-3-5-13(6-4-10)17(14,15)9-11-2-1-7-16-11;/h10-11H,1-9,12H2;1H. The SMILES string of the molecule is Cl.NCC1CCN(S(=O)(=O)CC2CCCO2)CC1. The number of halogens is 1. The maximum Gasteiger partial charge on any atom is 0.216 e. The third-order valence-electron chi connectivity index (χ3n) is 3.72. The van der Waals surface area contributed by atoms with Gasteiger partial charge in [0.15, 0.2) is 0 Å². The minimum Gasteiger partial charge on any atom is -0.377 e. The van der Waals surface area contributed by atoms with E-state index in [1.165, 1.54) is 0 Å². The van der Waals surface area contributed by atoms with Gasteiger partial charge in [-0.3, -0.25) is 0 Å². The molecule has 0 aliphatic carbocycles. The zero-order valence-electron chi connectivity index (χ0n) is 10.6. The van der Waals surface area contributed by atoms with Crippen LogP contribution < -0.4 is 5.73 Å². The third-order valence-corrected chi connectivity index (χ3v) is 5.67. The summed E-state index contributed by atoms with van der Waals surface area (Å²) in [6.45, 7) is 2.61. The van der Waals surface area contributed by atoms with E-state index in [0.717, 1.165) is 25.7 Å². The molecule has 1 unspecified atom stereocenters. The quantitative estimate of drug-likeness (QED) is 0.824. The van der Waals surface area contributed by atoms with Gasteiger partial charge in [-0.05, 0) is 38.1 Å². The van der Waals surface area contributed by atoms with Crippen LogP contribution in [-0.4, -0.2) is 50.8 Å². The van der Waals surface area contributed by atoms with Gasteiger partial charge in [-0.25, -0.2) is 12.7 Å². The van der Waals surface area contributed by atoms with Crippen molar-refractivity contribution >= 4 is 22.4 Å². The summed E-state index contributed by atoms with van der Waals surface area (Å²) < 4.78 is 31.3. The smallest absolute Gasteiger partial charge is 0.216 e. The Morgan fingerprint density at radius 3 is 2.39 bits per heavy atom. The Kier molecular flexibility index (Phi) is 6.34. The van der Waals surface area contributed by atoms with Crippen LogP contribution in [-0.2, 0) is 14.8 Å². The first-order valence-corrected chi connectivity index (χ1v) is 8.02. The molecule has 2 saturated heterocycles. The number of sulfonamides is 1.